The second kappa shape index (κ2) is 4.77. The van der Waals surface area contributed by atoms with Crippen LogP contribution in [0.2, 0.25) is 10.3 Å². The van der Waals surface area contributed by atoms with Gasteiger partial charge in [0.1, 0.15) is 10.3 Å². The third kappa shape index (κ3) is 2.54. The predicted molar refractivity (Wildman–Crippen MR) is 53.1 cm³/mol. The molecule has 0 saturated carbocycles. The standard InChI is InChI=1S/C8H10Cl2N2O/c1-11-6(4-13)5-2-3-7(9)12-8(5)10/h2-3,6,11,13H,4H2,1H3/t6-/m1/s1. The van der Waals surface area contributed by atoms with Crippen LogP contribution in [0, 0.1) is 0 Å². The van der Waals surface area contributed by atoms with Crippen molar-refractivity contribution in [3.8, 4) is 0 Å². The summed E-state index contributed by atoms with van der Waals surface area (Å²) in [5, 5.41) is 12.6. The van der Waals surface area contributed by atoms with E-state index < -0.39 is 0 Å². The van der Waals surface area contributed by atoms with Crippen molar-refractivity contribution >= 4 is 23.2 Å². The van der Waals surface area contributed by atoms with Gasteiger partial charge in [-0.2, -0.15) is 0 Å². The number of pyridine rings is 1. The Morgan fingerprint density at radius 3 is 2.69 bits per heavy atom. The number of likely N-dealkylation sites (N-methyl/N-ethyl adjacent to an activating group) is 1. The Bertz CT molecular complexity index is 289. The Hall–Kier alpha value is -0.350. The smallest absolute Gasteiger partial charge is 0.135 e. The fraction of sp³-hybridized carbons (Fsp3) is 0.375. The summed E-state index contributed by atoms with van der Waals surface area (Å²) in [7, 11) is 1.74. The first-order valence-electron chi connectivity index (χ1n) is 3.79. The van der Waals surface area contributed by atoms with E-state index in [4.69, 9.17) is 28.3 Å². The zero-order valence-corrected chi connectivity index (χ0v) is 8.60. The van der Waals surface area contributed by atoms with Crippen molar-refractivity contribution in [2.45, 2.75) is 6.04 Å². The third-order valence-corrected chi connectivity index (χ3v) is 2.26. The molecule has 0 aliphatic rings. The quantitative estimate of drug-likeness (QED) is 0.762. The maximum atomic E-state index is 8.99. The molecule has 13 heavy (non-hydrogen) atoms. The van der Waals surface area contributed by atoms with Crippen LogP contribution in [0.5, 0.6) is 0 Å². The van der Waals surface area contributed by atoms with Gasteiger partial charge >= 0.3 is 0 Å². The highest BCUT2D eigenvalue weighted by molar-refractivity contribution is 6.32. The van der Waals surface area contributed by atoms with E-state index in [1.54, 1.807) is 19.2 Å². The molecule has 0 fully saturated rings. The van der Waals surface area contributed by atoms with Gasteiger partial charge in [-0.25, -0.2) is 4.98 Å². The summed E-state index contributed by atoms with van der Waals surface area (Å²) in [5.41, 5.74) is 0.746. The lowest BCUT2D eigenvalue weighted by Gasteiger charge is -2.14. The average Bonchev–Trinajstić information content (AvgIpc) is 2.10. The van der Waals surface area contributed by atoms with Gasteiger partial charge in [-0.15, -0.1) is 0 Å². The molecule has 0 aromatic carbocycles. The van der Waals surface area contributed by atoms with Gasteiger partial charge in [0.05, 0.1) is 12.6 Å². The maximum absolute atomic E-state index is 8.99. The van der Waals surface area contributed by atoms with E-state index in [-0.39, 0.29) is 12.6 Å². The first-order valence-corrected chi connectivity index (χ1v) is 4.54. The molecular weight excluding hydrogens is 211 g/mol. The zero-order chi connectivity index (χ0) is 9.84. The summed E-state index contributed by atoms with van der Waals surface area (Å²) < 4.78 is 0. The molecule has 0 unspecified atom stereocenters. The highest BCUT2D eigenvalue weighted by Crippen LogP contribution is 2.22. The minimum atomic E-state index is -0.197. The number of aliphatic hydroxyl groups excluding tert-OH is 1. The highest BCUT2D eigenvalue weighted by atomic mass is 35.5. The predicted octanol–water partition coefficient (Wildman–Crippen LogP) is 1.64. The van der Waals surface area contributed by atoms with E-state index in [0.29, 0.717) is 10.3 Å². The molecule has 1 heterocycles. The molecular formula is C8H10Cl2N2O. The van der Waals surface area contributed by atoms with E-state index >= 15 is 0 Å². The molecule has 0 amide bonds. The van der Waals surface area contributed by atoms with E-state index in [9.17, 15) is 0 Å². The summed E-state index contributed by atoms with van der Waals surface area (Å²) in [6.07, 6.45) is 0. The SMILES string of the molecule is CN[C@H](CO)c1ccc(Cl)nc1Cl. The number of aromatic nitrogens is 1. The molecule has 0 radical (unpaired) electrons. The van der Waals surface area contributed by atoms with Gasteiger partial charge in [-0.05, 0) is 13.1 Å². The molecule has 0 bridgehead atoms. The number of rotatable bonds is 3. The van der Waals surface area contributed by atoms with E-state index in [1.165, 1.54) is 0 Å². The summed E-state index contributed by atoms with van der Waals surface area (Å²) in [6, 6.07) is 3.19. The van der Waals surface area contributed by atoms with Gasteiger partial charge in [0.2, 0.25) is 0 Å². The van der Waals surface area contributed by atoms with Crippen LogP contribution in [0.25, 0.3) is 0 Å². The van der Waals surface area contributed by atoms with Crippen molar-refractivity contribution in [3.63, 3.8) is 0 Å². The van der Waals surface area contributed by atoms with Crippen LogP contribution < -0.4 is 5.32 Å². The minimum Gasteiger partial charge on any atom is -0.394 e. The molecule has 0 aliphatic heterocycles. The average molecular weight is 221 g/mol. The number of hydrogen-bond acceptors (Lipinski definition) is 3. The van der Waals surface area contributed by atoms with Crippen LogP contribution in [0.4, 0.5) is 0 Å². The summed E-state index contributed by atoms with van der Waals surface area (Å²) >= 11 is 11.5. The molecule has 1 aromatic heterocycles. The van der Waals surface area contributed by atoms with Crippen LogP contribution in [-0.4, -0.2) is 23.7 Å². The molecule has 1 atom stereocenters. The third-order valence-electron chi connectivity index (χ3n) is 1.75. The fourth-order valence-electron chi connectivity index (χ4n) is 1.03. The van der Waals surface area contributed by atoms with Crippen molar-refractivity contribution < 1.29 is 5.11 Å². The number of hydrogen-bond donors (Lipinski definition) is 2. The van der Waals surface area contributed by atoms with Crippen LogP contribution in [-0.2, 0) is 0 Å². The van der Waals surface area contributed by atoms with Crippen LogP contribution >= 0.6 is 23.2 Å². The van der Waals surface area contributed by atoms with E-state index in [1.807, 2.05) is 0 Å². The second-order valence-electron chi connectivity index (χ2n) is 2.54. The Balaban J connectivity index is 2.99. The molecule has 72 valence electrons. The summed E-state index contributed by atoms with van der Waals surface area (Å²) in [5.74, 6) is 0. The van der Waals surface area contributed by atoms with Crippen molar-refractivity contribution in [2.75, 3.05) is 13.7 Å². The monoisotopic (exact) mass is 220 g/mol. The molecule has 1 rings (SSSR count). The van der Waals surface area contributed by atoms with Gasteiger partial charge in [0, 0.05) is 5.56 Å². The van der Waals surface area contributed by atoms with Crippen molar-refractivity contribution in [3.05, 3.63) is 28.0 Å². The first kappa shape index (κ1) is 10.7. The first-order chi connectivity index (χ1) is 6.19. The lowest BCUT2D eigenvalue weighted by atomic mass is 10.1. The Morgan fingerprint density at radius 1 is 1.54 bits per heavy atom. The molecule has 0 saturated heterocycles. The van der Waals surface area contributed by atoms with Crippen LogP contribution in [0.15, 0.2) is 12.1 Å². The normalized spacial score (nSPS) is 12.9. The number of nitrogens with one attached hydrogen (secondary N) is 1. The summed E-state index contributed by atoms with van der Waals surface area (Å²) in [4.78, 5) is 3.87. The van der Waals surface area contributed by atoms with Gasteiger partial charge in [0.15, 0.2) is 0 Å². The Morgan fingerprint density at radius 2 is 2.23 bits per heavy atom. The largest absolute Gasteiger partial charge is 0.394 e. The topological polar surface area (TPSA) is 45.1 Å². The van der Waals surface area contributed by atoms with E-state index in [0.717, 1.165) is 5.56 Å². The number of nitrogens with zero attached hydrogens (tertiary/aromatic N) is 1. The lowest BCUT2D eigenvalue weighted by molar-refractivity contribution is 0.251. The number of aliphatic hydroxyl groups is 1. The fourth-order valence-corrected chi connectivity index (χ4v) is 1.50. The van der Waals surface area contributed by atoms with Crippen LogP contribution in [0.1, 0.15) is 11.6 Å². The Labute approximate surface area is 86.7 Å². The molecule has 2 N–H and O–H groups in total. The molecule has 5 heteroatoms. The van der Waals surface area contributed by atoms with Gasteiger partial charge in [-0.1, -0.05) is 29.3 Å². The highest BCUT2D eigenvalue weighted by Gasteiger charge is 2.12. The van der Waals surface area contributed by atoms with Gasteiger partial charge in [-0.3, -0.25) is 0 Å². The van der Waals surface area contributed by atoms with Crippen molar-refractivity contribution in [1.82, 2.24) is 10.3 Å². The Kier molecular flexibility index (Phi) is 3.93. The van der Waals surface area contributed by atoms with Crippen molar-refractivity contribution in [1.29, 1.82) is 0 Å². The minimum absolute atomic E-state index is 0.0282. The lowest BCUT2D eigenvalue weighted by Crippen LogP contribution is -2.20. The summed E-state index contributed by atoms with van der Waals surface area (Å²) in [6.45, 7) is -0.0282. The second-order valence-corrected chi connectivity index (χ2v) is 3.28. The van der Waals surface area contributed by atoms with Crippen LogP contribution in [0.3, 0.4) is 0 Å². The molecule has 1 aromatic rings. The van der Waals surface area contributed by atoms with Crippen molar-refractivity contribution in [2.24, 2.45) is 0 Å². The molecule has 0 spiro atoms. The van der Waals surface area contributed by atoms with Gasteiger partial charge in [0.25, 0.3) is 0 Å². The molecule has 0 aliphatic carbocycles. The maximum Gasteiger partial charge on any atom is 0.135 e. The van der Waals surface area contributed by atoms with Gasteiger partial charge < -0.3 is 10.4 Å². The number of halogens is 2. The van der Waals surface area contributed by atoms with E-state index in [2.05, 4.69) is 10.3 Å². The zero-order valence-electron chi connectivity index (χ0n) is 7.09. The molecule has 3 nitrogen and oxygen atoms in total.